The maximum absolute atomic E-state index is 13.4. The molecule has 2 heterocycles. The molecule has 1 aliphatic heterocycles. The fraction of sp³-hybridized carbons (Fsp3) is 0.450. The molecule has 1 saturated heterocycles. The number of morpholine rings is 1. The molecule has 0 radical (unpaired) electrons. The van der Waals surface area contributed by atoms with Gasteiger partial charge in [-0.1, -0.05) is 18.2 Å². The molecule has 2 fully saturated rings. The van der Waals surface area contributed by atoms with Gasteiger partial charge >= 0.3 is 0 Å². The van der Waals surface area contributed by atoms with Gasteiger partial charge in [0.15, 0.2) is 0 Å². The minimum Gasteiger partial charge on any atom is -0.373 e. The minimum atomic E-state index is -0.175. The van der Waals surface area contributed by atoms with Crippen LogP contribution in [0, 0.1) is 5.82 Å². The van der Waals surface area contributed by atoms with Crippen molar-refractivity contribution in [3.63, 3.8) is 0 Å². The highest BCUT2D eigenvalue weighted by molar-refractivity contribution is 5.17. The quantitative estimate of drug-likeness (QED) is 0.836. The van der Waals surface area contributed by atoms with Crippen molar-refractivity contribution in [3.05, 3.63) is 65.7 Å². The third-order valence-corrected chi connectivity index (χ3v) is 5.11. The van der Waals surface area contributed by atoms with Crippen LogP contribution in [-0.4, -0.2) is 41.3 Å². The van der Waals surface area contributed by atoms with Gasteiger partial charge in [0.05, 0.1) is 25.4 Å². The standard InChI is InChI=1S/C20H23FN2O2/c21-17-5-1-3-15(11-17)13-23-9-10-24-20-18(23)6-7-19(20)25-14-16-4-2-8-22-12-16/h1-5,8,11-12,18-20H,6-7,9-10,13-14H2/t18-,19-,20+/m0/s1. The lowest BCUT2D eigenvalue weighted by Crippen LogP contribution is -2.51. The van der Waals surface area contributed by atoms with E-state index in [0.29, 0.717) is 19.3 Å². The maximum atomic E-state index is 13.4. The number of hydrogen-bond donors (Lipinski definition) is 0. The van der Waals surface area contributed by atoms with Gasteiger partial charge in [0.25, 0.3) is 0 Å². The van der Waals surface area contributed by atoms with Crippen molar-refractivity contribution in [3.8, 4) is 0 Å². The van der Waals surface area contributed by atoms with E-state index in [1.54, 1.807) is 18.3 Å². The predicted octanol–water partition coefficient (Wildman–Crippen LogP) is 3.17. The Hall–Kier alpha value is -1.82. The number of rotatable bonds is 5. The highest BCUT2D eigenvalue weighted by Crippen LogP contribution is 2.33. The predicted molar refractivity (Wildman–Crippen MR) is 92.4 cm³/mol. The zero-order chi connectivity index (χ0) is 17.1. The van der Waals surface area contributed by atoms with E-state index >= 15 is 0 Å². The first kappa shape index (κ1) is 16.6. The molecule has 5 heteroatoms. The summed E-state index contributed by atoms with van der Waals surface area (Å²) in [5.41, 5.74) is 2.10. The number of pyridine rings is 1. The molecule has 0 amide bonds. The first-order valence-electron chi connectivity index (χ1n) is 8.90. The summed E-state index contributed by atoms with van der Waals surface area (Å²) in [5.74, 6) is -0.175. The van der Waals surface area contributed by atoms with Crippen molar-refractivity contribution in [1.29, 1.82) is 0 Å². The summed E-state index contributed by atoms with van der Waals surface area (Å²) in [6, 6.07) is 11.2. The molecule has 3 atom stereocenters. The Labute approximate surface area is 147 Å². The summed E-state index contributed by atoms with van der Waals surface area (Å²) in [7, 11) is 0. The lowest BCUT2D eigenvalue weighted by atomic mass is 10.1. The number of halogens is 1. The molecule has 0 unspecified atom stereocenters. The monoisotopic (exact) mass is 342 g/mol. The number of benzene rings is 1. The average molecular weight is 342 g/mol. The molecule has 25 heavy (non-hydrogen) atoms. The van der Waals surface area contributed by atoms with E-state index in [4.69, 9.17) is 9.47 Å². The van der Waals surface area contributed by atoms with Crippen molar-refractivity contribution in [2.45, 2.75) is 44.2 Å². The lowest BCUT2D eigenvalue weighted by molar-refractivity contribution is -0.118. The first-order chi connectivity index (χ1) is 12.3. The van der Waals surface area contributed by atoms with Gasteiger partial charge in [0, 0.05) is 31.5 Å². The van der Waals surface area contributed by atoms with E-state index in [9.17, 15) is 4.39 Å². The van der Waals surface area contributed by atoms with Crippen LogP contribution < -0.4 is 0 Å². The zero-order valence-electron chi connectivity index (χ0n) is 14.2. The molecule has 1 aliphatic carbocycles. The number of ether oxygens (including phenoxy) is 2. The van der Waals surface area contributed by atoms with Crippen LogP contribution in [0.25, 0.3) is 0 Å². The SMILES string of the molecule is Fc1cccc(CN2CCO[C@H]3[C@@H](OCc4cccnc4)CC[C@@H]32)c1. The van der Waals surface area contributed by atoms with Gasteiger partial charge in [0.1, 0.15) is 5.82 Å². The minimum absolute atomic E-state index is 0.0963. The normalized spacial score (nSPS) is 26.5. The van der Waals surface area contributed by atoms with Crippen LogP contribution in [0.1, 0.15) is 24.0 Å². The fourth-order valence-corrected chi connectivity index (χ4v) is 3.92. The maximum Gasteiger partial charge on any atom is 0.123 e. The van der Waals surface area contributed by atoms with Crippen molar-refractivity contribution < 1.29 is 13.9 Å². The number of aromatic nitrogens is 1. The summed E-state index contributed by atoms with van der Waals surface area (Å²) < 4.78 is 25.6. The molecule has 2 aromatic rings. The Bertz CT molecular complexity index is 697. The third kappa shape index (κ3) is 3.89. The largest absolute Gasteiger partial charge is 0.373 e. The molecular formula is C20H23FN2O2. The number of hydrogen-bond acceptors (Lipinski definition) is 4. The van der Waals surface area contributed by atoms with Gasteiger partial charge in [-0.15, -0.1) is 0 Å². The van der Waals surface area contributed by atoms with E-state index in [1.807, 2.05) is 24.4 Å². The summed E-state index contributed by atoms with van der Waals surface area (Å²) in [6.07, 6.45) is 5.86. The van der Waals surface area contributed by atoms with E-state index in [1.165, 1.54) is 6.07 Å². The Morgan fingerprint density at radius 2 is 2.12 bits per heavy atom. The highest BCUT2D eigenvalue weighted by atomic mass is 19.1. The topological polar surface area (TPSA) is 34.6 Å². The fourth-order valence-electron chi connectivity index (χ4n) is 3.92. The molecule has 4 nitrogen and oxygen atoms in total. The van der Waals surface area contributed by atoms with E-state index < -0.39 is 0 Å². The van der Waals surface area contributed by atoms with E-state index in [-0.39, 0.29) is 18.0 Å². The van der Waals surface area contributed by atoms with Crippen LogP contribution in [0.2, 0.25) is 0 Å². The van der Waals surface area contributed by atoms with Crippen LogP contribution >= 0.6 is 0 Å². The molecule has 4 rings (SSSR count). The van der Waals surface area contributed by atoms with Crippen LogP contribution in [-0.2, 0) is 22.6 Å². The number of fused-ring (bicyclic) bond motifs is 1. The second kappa shape index (κ2) is 7.60. The molecule has 0 N–H and O–H groups in total. The van der Waals surface area contributed by atoms with Gasteiger partial charge < -0.3 is 9.47 Å². The summed E-state index contributed by atoms with van der Waals surface area (Å²) >= 11 is 0. The highest BCUT2D eigenvalue weighted by Gasteiger charge is 2.43. The van der Waals surface area contributed by atoms with Gasteiger partial charge in [0.2, 0.25) is 0 Å². The van der Waals surface area contributed by atoms with Gasteiger partial charge in [-0.3, -0.25) is 9.88 Å². The molecule has 1 saturated carbocycles. The smallest absolute Gasteiger partial charge is 0.123 e. The third-order valence-electron chi connectivity index (χ3n) is 5.11. The van der Waals surface area contributed by atoms with Crippen molar-refractivity contribution in [1.82, 2.24) is 9.88 Å². The van der Waals surface area contributed by atoms with E-state index in [2.05, 4.69) is 9.88 Å². The van der Waals surface area contributed by atoms with Gasteiger partial charge in [-0.05, 0) is 42.2 Å². The van der Waals surface area contributed by atoms with Crippen molar-refractivity contribution in [2.24, 2.45) is 0 Å². The summed E-state index contributed by atoms with van der Waals surface area (Å²) in [6.45, 7) is 2.91. The average Bonchev–Trinajstić information content (AvgIpc) is 3.05. The molecule has 132 valence electrons. The second-order valence-corrected chi connectivity index (χ2v) is 6.79. The van der Waals surface area contributed by atoms with Gasteiger partial charge in [-0.25, -0.2) is 4.39 Å². The van der Waals surface area contributed by atoms with Crippen LogP contribution in [0.3, 0.4) is 0 Å². The molecule has 2 aliphatic rings. The Kier molecular flexibility index (Phi) is 5.06. The second-order valence-electron chi connectivity index (χ2n) is 6.79. The van der Waals surface area contributed by atoms with Crippen molar-refractivity contribution in [2.75, 3.05) is 13.2 Å². The molecule has 0 bridgehead atoms. The van der Waals surface area contributed by atoms with Crippen LogP contribution in [0.15, 0.2) is 48.8 Å². The molecule has 0 spiro atoms. The Balaban J connectivity index is 1.38. The first-order valence-corrected chi connectivity index (χ1v) is 8.90. The summed E-state index contributed by atoms with van der Waals surface area (Å²) in [5, 5.41) is 0. The van der Waals surface area contributed by atoms with Crippen molar-refractivity contribution >= 4 is 0 Å². The van der Waals surface area contributed by atoms with Crippen LogP contribution in [0.4, 0.5) is 4.39 Å². The Morgan fingerprint density at radius 3 is 2.96 bits per heavy atom. The molecule has 1 aromatic carbocycles. The van der Waals surface area contributed by atoms with Crippen LogP contribution in [0.5, 0.6) is 0 Å². The number of nitrogens with zero attached hydrogens (tertiary/aromatic N) is 2. The van der Waals surface area contributed by atoms with Gasteiger partial charge in [-0.2, -0.15) is 0 Å². The molecular weight excluding hydrogens is 319 g/mol. The Morgan fingerprint density at radius 1 is 1.20 bits per heavy atom. The summed E-state index contributed by atoms with van der Waals surface area (Å²) in [4.78, 5) is 6.54. The molecule has 1 aromatic heterocycles. The zero-order valence-corrected chi connectivity index (χ0v) is 14.2. The lowest BCUT2D eigenvalue weighted by Gasteiger charge is -2.39. The van der Waals surface area contributed by atoms with E-state index in [0.717, 1.165) is 37.1 Å².